The topological polar surface area (TPSA) is 66.5 Å². The Hall–Kier alpha value is -1.82. The molecule has 1 unspecified atom stereocenters. The zero-order chi connectivity index (χ0) is 23.8. The maximum Gasteiger partial charge on any atom is 0.255 e. The first-order valence-corrected chi connectivity index (χ1v) is 14.5. The Morgan fingerprint density at radius 3 is 2.38 bits per heavy atom. The second kappa shape index (κ2) is 12.8. The van der Waals surface area contributed by atoms with Crippen LogP contribution in [0.2, 0.25) is 0 Å². The van der Waals surface area contributed by atoms with Gasteiger partial charge in [0, 0.05) is 23.4 Å². The summed E-state index contributed by atoms with van der Waals surface area (Å²) in [6.07, 6.45) is 18.8. The molecule has 1 saturated carbocycles. The van der Waals surface area contributed by atoms with Crippen molar-refractivity contribution in [3.05, 3.63) is 29.3 Å². The number of carbonyl (C=O) groups is 3. The third-order valence-corrected chi connectivity index (χ3v) is 8.96. The first-order chi connectivity index (χ1) is 16.6. The largest absolute Gasteiger partial charge is 0.322 e. The summed E-state index contributed by atoms with van der Waals surface area (Å²) in [7, 11) is 0. The average molecular weight is 485 g/mol. The van der Waals surface area contributed by atoms with Gasteiger partial charge in [-0.3, -0.25) is 19.7 Å². The second-order valence-corrected chi connectivity index (χ2v) is 11.4. The van der Waals surface area contributed by atoms with Gasteiger partial charge >= 0.3 is 0 Å². The zero-order valence-corrected chi connectivity index (χ0v) is 21.3. The number of amides is 3. The molecule has 4 rings (SSSR count). The van der Waals surface area contributed by atoms with Gasteiger partial charge in [0.15, 0.2) is 0 Å². The van der Waals surface area contributed by atoms with Crippen molar-refractivity contribution in [3.8, 4) is 0 Å². The number of benzene rings is 1. The van der Waals surface area contributed by atoms with Crippen molar-refractivity contribution in [2.45, 2.75) is 114 Å². The molecule has 1 aromatic rings. The van der Waals surface area contributed by atoms with Crippen LogP contribution in [0.25, 0.3) is 0 Å². The lowest BCUT2D eigenvalue weighted by Gasteiger charge is -2.29. The van der Waals surface area contributed by atoms with Crippen LogP contribution < -0.4 is 5.32 Å². The van der Waals surface area contributed by atoms with Crippen molar-refractivity contribution in [2.24, 2.45) is 5.92 Å². The minimum Gasteiger partial charge on any atom is -0.322 e. The maximum atomic E-state index is 12.9. The van der Waals surface area contributed by atoms with Crippen LogP contribution in [0.15, 0.2) is 23.1 Å². The van der Waals surface area contributed by atoms with Crippen LogP contribution in [0.4, 0.5) is 0 Å². The molecule has 6 heteroatoms. The molecule has 3 amide bonds. The summed E-state index contributed by atoms with van der Waals surface area (Å²) >= 11 is 1.83. The van der Waals surface area contributed by atoms with Crippen LogP contribution in [-0.4, -0.2) is 34.4 Å². The van der Waals surface area contributed by atoms with Crippen molar-refractivity contribution in [1.29, 1.82) is 0 Å². The fourth-order valence-corrected chi connectivity index (χ4v) is 6.86. The maximum absolute atomic E-state index is 12.9. The van der Waals surface area contributed by atoms with E-state index in [0.29, 0.717) is 24.9 Å². The number of piperidine rings is 1. The fraction of sp³-hybridized carbons (Fsp3) is 0.679. The van der Waals surface area contributed by atoms with Gasteiger partial charge < -0.3 is 4.90 Å². The molecule has 1 saturated heterocycles. The van der Waals surface area contributed by atoms with Gasteiger partial charge in [-0.1, -0.05) is 83.1 Å². The molecule has 1 atom stereocenters. The highest BCUT2D eigenvalue weighted by atomic mass is 32.2. The second-order valence-electron chi connectivity index (χ2n) is 10.3. The summed E-state index contributed by atoms with van der Waals surface area (Å²) in [5, 5.41) is 2.38. The van der Waals surface area contributed by atoms with Gasteiger partial charge in [-0.25, -0.2) is 0 Å². The normalized spacial score (nSPS) is 21.1. The molecule has 2 heterocycles. The molecule has 5 nitrogen and oxygen atoms in total. The SMILES string of the molecule is O=C1CCC(N2Cc3c(SCCCCCCCCCC4CCCCC4)cccc3C2=O)C(=O)N1. The highest BCUT2D eigenvalue weighted by molar-refractivity contribution is 7.99. The van der Waals surface area contributed by atoms with E-state index in [-0.39, 0.29) is 17.7 Å². The van der Waals surface area contributed by atoms with E-state index < -0.39 is 6.04 Å². The summed E-state index contributed by atoms with van der Waals surface area (Å²) in [5.41, 5.74) is 1.75. The van der Waals surface area contributed by atoms with E-state index in [1.165, 1.54) is 83.5 Å². The molecule has 0 spiro atoms. The molecule has 34 heavy (non-hydrogen) atoms. The van der Waals surface area contributed by atoms with Crippen molar-refractivity contribution in [1.82, 2.24) is 10.2 Å². The minimum absolute atomic E-state index is 0.0876. The van der Waals surface area contributed by atoms with Gasteiger partial charge in [-0.2, -0.15) is 0 Å². The lowest BCUT2D eigenvalue weighted by atomic mass is 9.85. The number of thioether (sulfide) groups is 1. The smallest absolute Gasteiger partial charge is 0.255 e. The van der Waals surface area contributed by atoms with Crippen LogP contribution in [0.5, 0.6) is 0 Å². The Balaban J connectivity index is 1.12. The van der Waals surface area contributed by atoms with Crippen molar-refractivity contribution in [2.75, 3.05) is 5.75 Å². The fourth-order valence-electron chi connectivity index (χ4n) is 5.77. The third kappa shape index (κ3) is 6.65. The molecular weight excluding hydrogens is 444 g/mol. The molecule has 186 valence electrons. The van der Waals surface area contributed by atoms with Crippen molar-refractivity contribution >= 4 is 29.5 Å². The van der Waals surface area contributed by atoms with Gasteiger partial charge in [0.2, 0.25) is 11.8 Å². The Morgan fingerprint density at radius 1 is 0.882 bits per heavy atom. The van der Waals surface area contributed by atoms with E-state index >= 15 is 0 Å². The first kappa shape index (κ1) is 25.3. The molecule has 2 aliphatic heterocycles. The highest BCUT2D eigenvalue weighted by Gasteiger charge is 2.39. The number of unbranched alkanes of at least 4 members (excludes halogenated alkanes) is 6. The van der Waals surface area contributed by atoms with E-state index in [1.54, 1.807) is 4.90 Å². The number of nitrogens with one attached hydrogen (secondary N) is 1. The number of imide groups is 1. The Bertz CT molecular complexity index is 865. The van der Waals surface area contributed by atoms with Gasteiger partial charge in [-0.05, 0) is 42.2 Å². The number of carbonyl (C=O) groups excluding carboxylic acids is 3. The Labute approximate surface area is 208 Å². The summed E-state index contributed by atoms with van der Waals surface area (Å²) in [6.45, 7) is 0.463. The van der Waals surface area contributed by atoms with E-state index in [1.807, 2.05) is 23.9 Å². The average Bonchev–Trinajstić information content (AvgIpc) is 3.18. The minimum atomic E-state index is -0.543. The summed E-state index contributed by atoms with van der Waals surface area (Å²) in [6, 6.07) is 5.36. The Kier molecular flexibility index (Phi) is 9.49. The van der Waals surface area contributed by atoms with E-state index in [2.05, 4.69) is 11.4 Å². The molecule has 0 aromatic heterocycles. The van der Waals surface area contributed by atoms with Gasteiger partial charge in [0.1, 0.15) is 6.04 Å². The monoisotopic (exact) mass is 484 g/mol. The van der Waals surface area contributed by atoms with E-state index in [9.17, 15) is 14.4 Å². The first-order valence-electron chi connectivity index (χ1n) is 13.5. The standard InChI is InChI=1S/C28H40N2O3S/c31-26-18-17-24(27(32)29-26)30-20-23-22(28(30)33)15-11-16-25(23)34-19-10-5-3-1-2-4-7-12-21-13-8-6-9-14-21/h11,15-16,21,24H,1-10,12-14,17-20H2,(H,29,31,32). The van der Waals surface area contributed by atoms with Crippen LogP contribution in [0.1, 0.15) is 112 Å². The summed E-state index contributed by atoms with van der Waals surface area (Å²) in [5.74, 6) is 1.40. The summed E-state index contributed by atoms with van der Waals surface area (Å²) in [4.78, 5) is 39.5. The number of hydrogen-bond acceptors (Lipinski definition) is 4. The van der Waals surface area contributed by atoms with Gasteiger partial charge in [-0.15, -0.1) is 11.8 Å². The molecule has 2 fully saturated rings. The van der Waals surface area contributed by atoms with Crippen LogP contribution in [-0.2, 0) is 16.1 Å². The van der Waals surface area contributed by atoms with E-state index in [4.69, 9.17) is 0 Å². The molecular formula is C28H40N2O3S. The quantitative estimate of drug-likeness (QED) is 0.217. The highest BCUT2D eigenvalue weighted by Crippen LogP contribution is 2.35. The van der Waals surface area contributed by atoms with Gasteiger partial charge in [0.25, 0.3) is 5.91 Å². The summed E-state index contributed by atoms with van der Waals surface area (Å²) < 4.78 is 0. The molecule has 0 radical (unpaired) electrons. The Morgan fingerprint density at radius 2 is 1.62 bits per heavy atom. The lowest BCUT2D eigenvalue weighted by molar-refractivity contribution is -0.136. The van der Waals surface area contributed by atoms with Gasteiger partial charge in [0.05, 0.1) is 0 Å². The van der Waals surface area contributed by atoms with Crippen molar-refractivity contribution < 1.29 is 14.4 Å². The molecule has 3 aliphatic rings. The van der Waals surface area contributed by atoms with Crippen LogP contribution in [0.3, 0.4) is 0 Å². The van der Waals surface area contributed by atoms with Crippen molar-refractivity contribution in [3.63, 3.8) is 0 Å². The van der Waals surface area contributed by atoms with E-state index in [0.717, 1.165) is 22.1 Å². The molecule has 1 aromatic carbocycles. The van der Waals surface area contributed by atoms with Crippen LogP contribution in [0, 0.1) is 5.92 Å². The number of nitrogens with zero attached hydrogens (tertiary/aromatic N) is 1. The predicted molar refractivity (Wildman–Crippen MR) is 137 cm³/mol. The number of hydrogen-bond donors (Lipinski definition) is 1. The third-order valence-electron chi connectivity index (χ3n) is 7.78. The molecule has 0 bridgehead atoms. The van der Waals surface area contributed by atoms with Crippen LogP contribution >= 0.6 is 11.8 Å². The number of rotatable bonds is 12. The zero-order valence-electron chi connectivity index (χ0n) is 20.5. The lowest BCUT2D eigenvalue weighted by Crippen LogP contribution is -2.52. The molecule has 1 aliphatic carbocycles. The molecule has 1 N–H and O–H groups in total. The number of fused-ring (bicyclic) bond motifs is 1. The predicted octanol–water partition coefficient (Wildman–Crippen LogP) is 6.24.